The molecule has 0 amide bonds. The summed E-state index contributed by atoms with van der Waals surface area (Å²) >= 11 is 1.84. The molecule has 9 aromatic rings. The summed E-state index contributed by atoms with van der Waals surface area (Å²) in [5, 5.41) is 7.39. The molecule has 0 aliphatic heterocycles. The predicted octanol–water partition coefficient (Wildman–Crippen LogP) is 12.9. The molecular formula is C44H32N2OS. The van der Waals surface area contributed by atoms with E-state index in [2.05, 4.69) is 130 Å². The van der Waals surface area contributed by atoms with Gasteiger partial charge in [-0.3, -0.25) is 4.99 Å². The van der Waals surface area contributed by atoms with Gasteiger partial charge in [0.25, 0.3) is 0 Å². The van der Waals surface area contributed by atoms with Crippen molar-refractivity contribution in [2.24, 2.45) is 4.99 Å². The summed E-state index contributed by atoms with van der Waals surface area (Å²) in [5.74, 6) is 0.567. The van der Waals surface area contributed by atoms with Crippen molar-refractivity contribution in [2.45, 2.75) is 26.2 Å². The number of aromatic nitrogens is 1. The number of fused-ring (bicyclic) bond motifs is 7. The number of hydrogen-bond donors (Lipinski definition) is 0. The fourth-order valence-electron chi connectivity index (χ4n) is 6.84. The van der Waals surface area contributed by atoms with Crippen LogP contribution in [0.5, 0.6) is 0 Å². The van der Waals surface area contributed by atoms with Crippen LogP contribution in [0.1, 0.15) is 31.9 Å². The van der Waals surface area contributed by atoms with Gasteiger partial charge >= 0.3 is 0 Å². The number of para-hydroxylation sites is 1. The molecule has 0 aliphatic carbocycles. The van der Waals surface area contributed by atoms with Gasteiger partial charge in [-0.25, -0.2) is 4.98 Å². The SMILES string of the molecule is CC(C)(C)c1cc(-c2cccc3c2sc2ccccc23)c2nc(-c3ccccc3N=Cc3cc4ccccc4c4ccccc34)oc2c1. The van der Waals surface area contributed by atoms with E-state index in [4.69, 9.17) is 14.4 Å². The van der Waals surface area contributed by atoms with Gasteiger partial charge in [0.1, 0.15) is 5.52 Å². The maximum Gasteiger partial charge on any atom is 0.229 e. The van der Waals surface area contributed by atoms with E-state index in [-0.39, 0.29) is 5.41 Å². The fraction of sp³-hybridized carbons (Fsp3) is 0.0909. The van der Waals surface area contributed by atoms with Crippen molar-refractivity contribution in [3.05, 3.63) is 145 Å². The number of oxazole rings is 1. The summed E-state index contributed by atoms with van der Waals surface area (Å²) in [4.78, 5) is 10.3. The number of rotatable bonds is 4. The minimum Gasteiger partial charge on any atom is -0.436 e. The van der Waals surface area contributed by atoms with Crippen LogP contribution < -0.4 is 0 Å². The van der Waals surface area contributed by atoms with Gasteiger partial charge < -0.3 is 4.42 Å². The molecule has 0 N–H and O–H groups in total. The Bertz CT molecular complexity index is 2720. The summed E-state index contributed by atoms with van der Waals surface area (Å²) in [7, 11) is 0. The van der Waals surface area contributed by atoms with Gasteiger partial charge in [0.15, 0.2) is 5.58 Å². The molecule has 0 unspecified atom stereocenters. The van der Waals surface area contributed by atoms with Crippen LogP contribution in [-0.2, 0) is 5.41 Å². The molecule has 9 rings (SSSR count). The van der Waals surface area contributed by atoms with E-state index in [1.165, 1.54) is 52.8 Å². The van der Waals surface area contributed by atoms with Crippen LogP contribution in [0.15, 0.2) is 143 Å². The molecule has 3 nitrogen and oxygen atoms in total. The van der Waals surface area contributed by atoms with E-state index in [0.717, 1.165) is 33.5 Å². The lowest BCUT2D eigenvalue weighted by atomic mass is 9.85. The van der Waals surface area contributed by atoms with Gasteiger partial charge in [-0.15, -0.1) is 11.3 Å². The van der Waals surface area contributed by atoms with Crippen molar-refractivity contribution in [3.8, 4) is 22.6 Å². The minimum atomic E-state index is -0.0746. The van der Waals surface area contributed by atoms with Crippen molar-refractivity contribution in [3.63, 3.8) is 0 Å². The molecule has 0 saturated carbocycles. The zero-order chi connectivity index (χ0) is 32.4. The van der Waals surface area contributed by atoms with Crippen molar-refractivity contribution >= 4 is 76.1 Å². The van der Waals surface area contributed by atoms with Crippen LogP contribution >= 0.6 is 11.3 Å². The standard InChI is InChI=1S/C44H32N2OS/c1-44(2,3)29-24-37(35-20-12-19-34-33-17-9-11-22-40(33)48-42(34)35)41-39(25-29)47-43(46-41)36-18-8-10-21-38(36)45-26-28-23-27-13-4-5-14-30(27)32-16-7-6-15-31(28)32/h4-26H,1-3H3. The predicted molar refractivity (Wildman–Crippen MR) is 205 cm³/mol. The normalized spacial score (nSPS) is 12.4. The molecule has 2 heterocycles. The molecule has 7 aromatic carbocycles. The van der Waals surface area contributed by atoms with Gasteiger partial charge in [-0.2, -0.15) is 0 Å². The Kier molecular flexibility index (Phi) is 6.56. The zero-order valence-corrected chi connectivity index (χ0v) is 27.8. The minimum absolute atomic E-state index is 0.0746. The van der Waals surface area contributed by atoms with Gasteiger partial charge in [-0.05, 0) is 68.9 Å². The van der Waals surface area contributed by atoms with E-state index in [1.54, 1.807) is 0 Å². The lowest BCUT2D eigenvalue weighted by molar-refractivity contribution is 0.584. The third kappa shape index (κ3) is 4.71. The first-order valence-electron chi connectivity index (χ1n) is 16.3. The Morgan fingerprint density at radius 1 is 0.625 bits per heavy atom. The largest absolute Gasteiger partial charge is 0.436 e. The van der Waals surface area contributed by atoms with Crippen LogP contribution in [0.2, 0.25) is 0 Å². The first-order chi connectivity index (χ1) is 23.4. The topological polar surface area (TPSA) is 38.4 Å². The van der Waals surface area contributed by atoms with E-state index in [0.29, 0.717) is 5.89 Å². The third-order valence-electron chi connectivity index (χ3n) is 9.33. The highest BCUT2D eigenvalue weighted by atomic mass is 32.1. The Morgan fingerprint density at radius 3 is 2.17 bits per heavy atom. The van der Waals surface area contributed by atoms with Crippen LogP contribution in [-0.4, -0.2) is 11.2 Å². The average molecular weight is 637 g/mol. The zero-order valence-electron chi connectivity index (χ0n) is 27.0. The smallest absolute Gasteiger partial charge is 0.229 e. The summed E-state index contributed by atoms with van der Waals surface area (Å²) in [6.07, 6.45) is 1.97. The summed E-state index contributed by atoms with van der Waals surface area (Å²) in [6, 6.07) is 47.1. The second-order valence-electron chi connectivity index (χ2n) is 13.4. The molecule has 0 saturated heterocycles. The second kappa shape index (κ2) is 11.0. The van der Waals surface area contributed by atoms with Crippen molar-refractivity contribution in [1.82, 2.24) is 4.98 Å². The maximum atomic E-state index is 6.66. The highest BCUT2D eigenvalue weighted by Crippen LogP contribution is 2.44. The van der Waals surface area contributed by atoms with Crippen molar-refractivity contribution in [2.75, 3.05) is 0 Å². The Balaban J connectivity index is 1.21. The molecule has 2 aromatic heterocycles. The van der Waals surface area contributed by atoms with Gasteiger partial charge in [0.2, 0.25) is 5.89 Å². The molecule has 0 atom stereocenters. The lowest BCUT2D eigenvalue weighted by Gasteiger charge is -2.20. The molecular weight excluding hydrogens is 605 g/mol. The number of aliphatic imine (C=N–C) groups is 1. The summed E-state index contributed by atoms with van der Waals surface area (Å²) < 4.78 is 9.22. The van der Waals surface area contributed by atoms with Crippen molar-refractivity contribution in [1.29, 1.82) is 0 Å². The molecule has 48 heavy (non-hydrogen) atoms. The summed E-state index contributed by atoms with van der Waals surface area (Å²) in [5.41, 5.74) is 7.79. The van der Waals surface area contributed by atoms with Crippen molar-refractivity contribution < 1.29 is 4.42 Å². The van der Waals surface area contributed by atoms with Gasteiger partial charge in [-0.1, -0.05) is 118 Å². The van der Waals surface area contributed by atoms with E-state index < -0.39 is 0 Å². The highest BCUT2D eigenvalue weighted by Gasteiger charge is 2.23. The van der Waals surface area contributed by atoms with Gasteiger partial charge in [0.05, 0.1) is 11.3 Å². The van der Waals surface area contributed by atoms with E-state index in [1.807, 2.05) is 41.8 Å². The van der Waals surface area contributed by atoms with E-state index >= 15 is 0 Å². The highest BCUT2D eigenvalue weighted by molar-refractivity contribution is 7.26. The maximum absolute atomic E-state index is 6.66. The van der Waals surface area contributed by atoms with E-state index in [9.17, 15) is 0 Å². The molecule has 0 spiro atoms. The molecule has 0 fully saturated rings. The first-order valence-corrected chi connectivity index (χ1v) is 17.1. The fourth-order valence-corrected chi connectivity index (χ4v) is 8.07. The number of hydrogen-bond acceptors (Lipinski definition) is 4. The van der Waals surface area contributed by atoms with Gasteiger partial charge in [0, 0.05) is 43.1 Å². The van der Waals surface area contributed by atoms with Crippen LogP contribution in [0.3, 0.4) is 0 Å². The molecule has 4 heteroatoms. The molecule has 0 radical (unpaired) electrons. The van der Waals surface area contributed by atoms with Crippen LogP contribution in [0.25, 0.3) is 75.4 Å². The summed E-state index contributed by atoms with van der Waals surface area (Å²) in [6.45, 7) is 6.74. The lowest BCUT2D eigenvalue weighted by Crippen LogP contribution is -2.11. The third-order valence-corrected chi connectivity index (χ3v) is 10.6. The molecule has 0 bridgehead atoms. The number of nitrogens with zero attached hydrogens (tertiary/aromatic N) is 2. The average Bonchev–Trinajstić information content (AvgIpc) is 3.72. The Labute approximate surface area is 282 Å². The monoisotopic (exact) mass is 636 g/mol. The number of benzene rings is 7. The first kappa shape index (κ1) is 28.6. The quantitative estimate of drug-likeness (QED) is 0.142. The molecule has 0 aliphatic rings. The van der Waals surface area contributed by atoms with Crippen LogP contribution in [0, 0.1) is 0 Å². The number of thiophene rings is 1. The second-order valence-corrected chi connectivity index (χ2v) is 14.5. The molecule has 230 valence electrons. The van der Waals surface area contributed by atoms with Crippen LogP contribution in [0.4, 0.5) is 5.69 Å². The Hall–Kier alpha value is -5.58. The Morgan fingerprint density at radius 2 is 1.31 bits per heavy atom.